The quantitative estimate of drug-likeness (QED) is 0.761. The largest absolute Gasteiger partial charge is 0.321 e. The second-order valence-corrected chi connectivity index (χ2v) is 7.37. The summed E-state index contributed by atoms with van der Waals surface area (Å²) < 4.78 is 0.939. The maximum absolute atomic E-state index is 12.1. The third kappa shape index (κ3) is 3.31. The van der Waals surface area contributed by atoms with E-state index in [1.54, 1.807) is 13.0 Å². The van der Waals surface area contributed by atoms with Gasteiger partial charge in [-0.3, -0.25) is 9.59 Å². The fraction of sp³-hybridized carbons (Fsp3) is 0.333. The molecule has 2 heterocycles. The van der Waals surface area contributed by atoms with E-state index in [9.17, 15) is 9.59 Å². The summed E-state index contributed by atoms with van der Waals surface area (Å²) in [6, 6.07) is 7.18. The van der Waals surface area contributed by atoms with Gasteiger partial charge < -0.3 is 9.88 Å². The van der Waals surface area contributed by atoms with Crippen molar-refractivity contribution in [3.63, 3.8) is 0 Å². The van der Waals surface area contributed by atoms with Crippen LogP contribution in [0.15, 0.2) is 23.0 Å². The predicted octanol–water partition coefficient (Wildman–Crippen LogP) is 2.63. The van der Waals surface area contributed by atoms with E-state index in [0.717, 1.165) is 27.2 Å². The van der Waals surface area contributed by atoms with Gasteiger partial charge in [0.05, 0.1) is 21.7 Å². The third-order valence-electron chi connectivity index (χ3n) is 4.17. The second kappa shape index (κ2) is 6.75. The number of carbonyl (C=O) groups is 1. The van der Waals surface area contributed by atoms with Gasteiger partial charge in [0.2, 0.25) is 0 Å². The number of carbonyl (C=O) groups excluding carboxylic acids is 1. The molecule has 2 aromatic heterocycles. The molecule has 7 heteroatoms. The van der Waals surface area contributed by atoms with Gasteiger partial charge in [-0.15, -0.1) is 11.3 Å². The molecular formula is C18H18N4O2S. The molecule has 1 unspecified atom stereocenters. The maximum Gasteiger partial charge on any atom is 0.266 e. The van der Waals surface area contributed by atoms with Crippen molar-refractivity contribution in [2.45, 2.75) is 19.3 Å². The lowest BCUT2D eigenvalue weighted by molar-refractivity contribution is -0.118. The van der Waals surface area contributed by atoms with Crippen LogP contribution in [0.3, 0.4) is 0 Å². The van der Waals surface area contributed by atoms with Gasteiger partial charge in [-0.1, -0.05) is 0 Å². The minimum atomic E-state index is -0.405. The van der Waals surface area contributed by atoms with Crippen molar-refractivity contribution in [1.29, 1.82) is 5.26 Å². The fourth-order valence-corrected chi connectivity index (χ4v) is 3.98. The van der Waals surface area contributed by atoms with E-state index in [0.29, 0.717) is 11.9 Å². The molecule has 1 N–H and O–H groups in total. The SMILES string of the molecule is CC(=O)C(CCN(C)C)c1nc2c(ccc3[nH]c(=O)c(C#N)cc32)s1. The first kappa shape index (κ1) is 17.3. The van der Waals surface area contributed by atoms with Gasteiger partial charge in [-0.2, -0.15) is 5.26 Å². The Morgan fingerprint density at radius 1 is 1.44 bits per heavy atom. The topological polar surface area (TPSA) is 89.8 Å². The Morgan fingerprint density at radius 2 is 2.20 bits per heavy atom. The van der Waals surface area contributed by atoms with Crippen molar-refractivity contribution in [1.82, 2.24) is 14.9 Å². The number of rotatable bonds is 5. The zero-order valence-electron chi connectivity index (χ0n) is 14.3. The zero-order chi connectivity index (χ0) is 18.1. The molecule has 0 fully saturated rings. The Morgan fingerprint density at radius 3 is 2.84 bits per heavy atom. The van der Waals surface area contributed by atoms with E-state index in [1.165, 1.54) is 11.3 Å². The molecule has 1 atom stereocenters. The van der Waals surface area contributed by atoms with Crippen LogP contribution in [-0.2, 0) is 4.79 Å². The van der Waals surface area contributed by atoms with Crippen LogP contribution in [-0.4, -0.2) is 41.3 Å². The van der Waals surface area contributed by atoms with Gasteiger partial charge in [0.15, 0.2) is 0 Å². The molecule has 0 aliphatic heterocycles. The maximum atomic E-state index is 12.1. The average Bonchev–Trinajstić information content (AvgIpc) is 2.97. The Kier molecular flexibility index (Phi) is 4.66. The van der Waals surface area contributed by atoms with Crippen molar-refractivity contribution in [3.05, 3.63) is 39.1 Å². The third-order valence-corrected chi connectivity index (χ3v) is 5.31. The van der Waals surface area contributed by atoms with E-state index >= 15 is 0 Å². The number of H-pyrrole nitrogens is 1. The molecule has 0 bridgehead atoms. The molecule has 0 amide bonds. The van der Waals surface area contributed by atoms with Crippen LogP contribution >= 0.6 is 11.3 Å². The molecule has 3 rings (SSSR count). The van der Waals surface area contributed by atoms with Crippen molar-refractivity contribution < 1.29 is 4.79 Å². The molecule has 0 spiro atoms. The number of aromatic nitrogens is 2. The highest BCUT2D eigenvalue weighted by atomic mass is 32.1. The highest BCUT2D eigenvalue weighted by molar-refractivity contribution is 7.18. The molecule has 0 aliphatic rings. The Hall–Kier alpha value is -2.56. The summed E-state index contributed by atoms with van der Waals surface area (Å²) >= 11 is 1.49. The van der Waals surface area contributed by atoms with Crippen LogP contribution in [0.2, 0.25) is 0 Å². The normalized spacial score (nSPS) is 12.6. The summed E-state index contributed by atoms with van der Waals surface area (Å²) in [7, 11) is 3.95. The minimum Gasteiger partial charge on any atom is -0.321 e. The Bertz CT molecular complexity index is 1060. The number of nitrogens with one attached hydrogen (secondary N) is 1. The fourth-order valence-electron chi connectivity index (χ4n) is 2.81. The number of nitriles is 1. The lowest BCUT2D eigenvalue weighted by Crippen LogP contribution is -2.19. The Labute approximate surface area is 148 Å². The number of nitrogens with zero attached hydrogens (tertiary/aromatic N) is 3. The van der Waals surface area contributed by atoms with E-state index in [-0.39, 0.29) is 17.3 Å². The van der Waals surface area contributed by atoms with Gasteiger partial charge in [0.1, 0.15) is 22.4 Å². The zero-order valence-corrected chi connectivity index (χ0v) is 15.1. The molecule has 1 aromatic carbocycles. The number of hydrogen-bond donors (Lipinski definition) is 1. The predicted molar refractivity (Wildman–Crippen MR) is 99.1 cm³/mol. The summed E-state index contributed by atoms with van der Waals surface area (Å²) in [5.74, 6) is -0.149. The van der Waals surface area contributed by atoms with Crippen LogP contribution in [0, 0.1) is 11.3 Å². The van der Waals surface area contributed by atoms with Gasteiger partial charge in [-0.25, -0.2) is 4.98 Å². The molecule has 0 saturated heterocycles. The van der Waals surface area contributed by atoms with Crippen LogP contribution in [0.1, 0.15) is 29.8 Å². The summed E-state index contributed by atoms with van der Waals surface area (Å²) in [6.07, 6.45) is 0.709. The number of thiazole rings is 1. The molecular weight excluding hydrogens is 336 g/mol. The van der Waals surface area contributed by atoms with Gasteiger partial charge in [0, 0.05) is 5.39 Å². The van der Waals surface area contributed by atoms with Crippen molar-refractivity contribution >= 4 is 38.2 Å². The van der Waals surface area contributed by atoms with E-state index < -0.39 is 5.56 Å². The van der Waals surface area contributed by atoms with Crippen LogP contribution in [0.25, 0.3) is 21.1 Å². The summed E-state index contributed by atoms with van der Waals surface area (Å²) in [5.41, 5.74) is 1.02. The first-order valence-electron chi connectivity index (χ1n) is 7.92. The second-order valence-electron chi connectivity index (χ2n) is 6.30. The molecule has 0 aliphatic carbocycles. The first-order valence-corrected chi connectivity index (χ1v) is 8.74. The number of ketones is 1. The average molecular weight is 354 g/mol. The summed E-state index contributed by atoms with van der Waals surface area (Å²) in [4.78, 5) is 33.4. The van der Waals surface area contributed by atoms with E-state index in [2.05, 4.69) is 4.98 Å². The number of fused-ring (bicyclic) bond motifs is 3. The monoisotopic (exact) mass is 354 g/mol. The molecule has 0 radical (unpaired) electrons. The van der Waals surface area contributed by atoms with Crippen molar-refractivity contribution in [3.8, 4) is 6.07 Å². The van der Waals surface area contributed by atoms with Crippen LogP contribution in [0.5, 0.6) is 0 Å². The first-order chi connectivity index (χ1) is 11.9. The lowest BCUT2D eigenvalue weighted by atomic mass is 10.0. The lowest BCUT2D eigenvalue weighted by Gasteiger charge is -2.14. The van der Waals surface area contributed by atoms with Crippen molar-refractivity contribution in [2.75, 3.05) is 20.6 Å². The van der Waals surface area contributed by atoms with Crippen LogP contribution in [0.4, 0.5) is 0 Å². The number of Topliss-reactive ketones (excluding diaryl/α,β-unsaturated/α-hetero) is 1. The smallest absolute Gasteiger partial charge is 0.266 e. The summed E-state index contributed by atoms with van der Waals surface area (Å²) in [5, 5.41) is 10.6. The highest BCUT2D eigenvalue weighted by Gasteiger charge is 2.22. The Balaban J connectivity index is 2.15. The molecule has 128 valence electrons. The van der Waals surface area contributed by atoms with Crippen LogP contribution < -0.4 is 5.56 Å². The molecule has 3 aromatic rings. The van der Waals surface area contributed by atoms with Crippen molar-refractivity contribution in [2.24, 2.45) is 0 Å². The van der Waals surface area contributed by atoms with Gasteiger partial charge in [0.25, 0.3) is 5.56 Å². The molecule has 0 saturated carbocycles. The standard InChI is InChI=1S/C18H18N4O2S/c1-10(23)12(6-7-22(2)3)18-21-16-13-8-11(9-19)17(24)20-14(13)4-5-15(16)25-18/h4-5,8,12H,6-7H2,1-3H3,(H,20,24). The van der Waals surface area contributed by atoms with Gasteiger partial charge in [-0.05, 0) is 52.2 Å². The number of hydrogen-bond acceptors (Lipinski definition) is 6. The number of aromatic amines is 1. The van der Waals surface area contributed by atoms with E-state index in [1.807, 2.05) is 37.2 Å². The van der Waals surface area contributed by atoms with Gasteiger partial charge >= 0.3 is 0 Å². The highest BCUT2D eigenvalue weighted by Crippen LogP contribution is 2.33. The number of benzene rings is 1. The summed E-state index contributed by atoms with van der Waals surface area (Å²) in [6.45, 7) is 2.39. The number of pyridine rings is 1. The molecule has 6 nitrogen and oxygen atoms in total. The van der Waals surface area contributed by atoms with E-state index in [4.69, 9.17) is 10.2 Å². The minimum absolute atomic E-state index is 0.0604. The molecule has 25 heavy (non-hydrogen) atoms.